The molecule has 21 heavy (non-hydrogen) atoms. The molecule has 1 aromatic rings. The second kappa shape index (κ2) is 6.80. The zero-order chi connectivity index (χ0) is 14.7. The number of aliphatic hydroxyl groups excluding tert-OH is 1. The number of aliphatic hydroxyl groups is 1. The van der Waals surface area contributed by atoms with Crippen molar-refractivity contribution in [2.24, 2.45) is 5.92 Å². The molecule has 3 heteroatoms. The fourth-order valence-electron chi connectivity index (χ4n) is 3.81. The Balaban J connectivity index is 1.48. The second-order valence-corrected chi connectivity index (χ2v) is 6.79. The molecule has 3 rings (SSSR count). The molecule has 2 heterocycles. The average molecular weight is 288 g/mol. The number of anilines is 1. The number of benzene rings is 1. The Hall–Kier alpha value is -1.06. The van der Waals surface area contributed by atoms with E-state index < -0.39 is 0 Å². The summed E-state index contributed by atoms with van der Waals surface area (Å²) in [5.74, 6) is 0.822. The standard InChI is InChI=1S/C18H28N2O/c1-15-13-18(21)9-12-20(15)14-16-7-10-19(11-8-16)17-5-3-2-4-6-17/h2-6,15-16,18,21H,7-14H2,1H3. The first-order valence-corrected chi connectivity index (χ1v) is 8.44. The molecule has 0 spiro atoms. The molecular formula is C18H28N2O. The number of piperidine rings is 2. The average Bonchev–Trinajstić information content (AvgIpc) is 2.52. The minimum atomic E-state index is -0.0730. The molecular weight excluding hydrogens is 260 g/mol. The van der Waals surface area contributed by atoms with Crippen molar-refractivity contribution in [1.82, 2.24) is 4.90 Å². The van der Waals surface area contributed by atoms with Crippen LogP contribution in [0.3, 0.4) is 0 Å². The number of likely N-dealkylation sites (tertiary alicyclic amines) is 1. The van der Waals surface area contributed by atoms with Gasteiger partial charge in [-0.05, 0) is 50.7 Å². The number of nitrogens with zero attached hydrogens (tertiary/aromatic N) is 2. The van der Waals surface area contributed by atoms with E-state index in [2.05, 4.69) is 47.1 Å². The van der Waals surface area contributed by atoms with Gasteiger partial charge in [0.2, 0.25) is 0 Å². The molecule has 2 saturated heterocycles. The Morgan fingerprint density at radius 3 is 2.43 bits per heavy atom. The molecule has 116 valence electrons. The summed E-state index contributed by atoms with van der Waals surface area (Å²) in [6, 6.07) is 11.3. The third kappa shape index (κ3) is 3.78. The number of para-hydroxylation sites is 1. The predicted molar refractivity (Wildman–Crippen MR) is 87.7 cm³/mol. The lowest BCUT2D eigenvalue weighted by Gasteiger charge is -2.40. The van der Waals surface area contributed by atoms with Crippen LogP contribution in [-0.4, -0.2) is 48.3 Å². The smallest absolute Gasteiger partial charge is 0.0567 e. The van der Waals surface area contributed by atoms with E-state index in [-0.39, 0.29) is 6.10 Å². The highest BCUT2D eigenvalue weighted by Crippen LogP contribution is 2.26. The van der Waals surface area contributed by atoms with Crippen molar-refractivity contribution in [3.63, 3.8) is 0 Å². The highest BCUT2D eigenvalue weighted by atomic mass is 16.3. The molecule has 2 aliphatic rings. The first-order chi connectivity index (χ1) is 10.2. The lowest BCUT2D eigenvalue weighted by atomic mass is 9.93. The van der Waals surface area contributed by atoms with Crippen molar-refractivity contribution in [2.75, 3.05) is 31.1 Å². The Morgan fingerprint density at radius 1 is 1.05 bits per heavy atom. The predicted octanol–water partition coefficient (Wildman–Crippen LogP) is 2.75. The highest BCUT2D eigenvalue weighted by molar-refractivity contribution is 5.46. The van der Waals surface area contributed by atoms with Crippen LogP contribution in [0.4, 0.5) is 5.69 Å². The van der Waals surface area contributed by atoms with Crippen molar-refractivity contribution in [3.05, 3.63) is 30.3 Å². The van der Waals surface area contributed by atoms with Crippen LogP contribution in [0.15, 0.2) is 30.3 Å². The van der Waals surface area contributed by atoms with Crippen molar-refractivity contribution in [1.29, 1.82) is 0 Å². The van der Waals surface area contributed by atoms with E-state index in [0.29, 0.717) is 6.04 Å². The molecule has 1 aromatic carbocycles. The van der Waals surface area contributed by atoms with Crippen molar-refractivity contribution in [3.8, 4) is 0 Å². The lowest BCUT2D eigenvalue weighted by molar-refractivity contribution is 0.0377. The number of hydrogen-bond acceptors (Lipinski definition) is 3. The van der Waals surface area contributed by atoms with Crippen LogP contribution in [-0.2, 0) is 0 Å². The molecule has 2 aliphatic heterocycles. The molecule has 0 aliphatic carbocycles. The fourth-order valence-corrected chi connectivity index (χ4v) is 3.81. The topological polar surface area (TPSA) is 26.7 Å². The van der Waals surface area contributed by atoms with E-state index in [1.807, 2.05) is 0 Å². The molecule has 0 radical (unpaired) electrons. The van der Waals surface area contributed by atoms with Gasteiger partial charge in [0.1, 0.15) is 0 Å². The molecule has 0 saturated carbocycles. The lowest BCUT2D eigenvalue weighted by Crippen LogP contribution is -2.46. The third-order valence-electron chi connectivity index (χ3n) is 5.21. The summed E-state index contributed by atoms with van der Waals surface area (Å²) in [6.07, 6.45) is 4.41. The van der Waals surface area contributed by atoms with Crippen LogP contribution in [0.1, 0.15) is 32.6 Å². The van der Waals surface area contributed by atoms with Crippen molar-refractivity contribution in [2.45, 2.75) is 44.8 Å². The van der Waals surface area contributed by atoms with E-state index in [1.54, 1.807) is 0 Å². The summed E-state index contributed by atoms with van der Waals surface area (Å²) in [5.41, 5.74) is 1.37. The van der Waals surface area contributed by atoms with Gasteiger partial charge in [-0.15, -0.1) is 0 Å². The van der Waals surface area contributed by atoms with Crippen LogP contribution in [0.2, 0.25) is 0 Å². The zero-order valence-electron chi connectivity index (χ0n) is 13.1. The van der Waals surface area contributed by atoms with Gasteiger partial charge in [0, 0.05) is 37.9 Å². The quantitative estimate of drug-likeness (QED) is 0.926. The summed E-state index contributed by atoms with van der Waals surface area (Å²) < 4.78 is 0. The van der Waals surface area contributed by atoms with Gasteiger partial charge in [-0.3, -0.25) is 0 Å². The van der Waals surface area contributed by atoms with E-state index in [1.165, 1.54) is 38.2 Å². The third-order valence-corrected chi connectivity index (χ3v) is 5.21. The van der Waals surface area contributed by atoms with Crippen LogP contribution >= 0.6 is 0 Å². The van der Waals surface area contributed by atoms with Gasteiger partial charge >= 0.3 is 0 Å². The minimum absolute atomic E-state index is 0.0730. The normalized spacial score (nSPS) is 28.8. The summed E-state index contributed by atoms with van der Waals surface area (Å²) in [4.78, 5) is 5.11. The van der Waals surface area contributed by atoms with Crippen LogP contribution < -0.4 is 4.90 Å². The van der Waals surface area contributed by atoms with Gasteiger partial charge < -0.3 is 14.9 Å². The summed E-state index contributed by atoms with van der Waals surface area (Å²) in [7, 11) is 0. The zero-order valence-corrected chi connectivity index (χ0v) is 13.1. The molecule has 0 aromatic heterocycles. The maximum Gasteiger partial charge on any atom is 0.0567 e. The fraction of sp³-hybridized carbons (Fsp3) is 0.667. The maximum absolute atomic E-state index is 9.73. The van der Waals surface area contributed by atoms with E-state index in [9.17, 15) is 5.11 Å². The molecule has 2 unspecified atom stereocenters. The van der Waals surface area contributed by atoms with Gasteiger partial charge in [-0.25, -0.2) is 0 Å². The van der Waals surface area contributed by atoms with Crippen LogP contribution in [0.25, 0.3) is 0 Å². The van der Waals surface area contributed by atoms with Gasteiger partial charge in [0.05, 0.1) is 6.10 Å². The monoisotopic (exact) mass is 288 g/mol. The Morgan fingerprint density at radius 2 is 1.76 bits per heavy atom. The largest absolute Gasteiger partial charge is 0.393 e. The number of rotatable bonds is 3. The highest BCUT2D eigenvalue weighted by Gasteiger charge is 2.27. The Kier molecular flexibility index (Phi) is 4.81. The molecule has 2 atom stereocenters. The van der Waals surface area contributed by atoms with Gasteiger partial charge in [0.25, 0.3) is 0 Å². The first kappa shape index (κ1) is 14.9. The van der Waals surface area contributed by atoms with E-state index in [0.717, 1.165) is 25.3 Å². The minimum Gasteiger partial charge on any atom is -0.393 e. The SMILES string of the molecule is CC1CC(O)CCN1CC1CCN(c2ccccc2)CC1. The van der Waals surface area contributed by atoms with E-state index >= 15 is 0 Å². The number of hydrogen-bond donors (Lipinski definition) is 1. The molecule has 0 amide bonds. The summed E-state index contributed by atoms with van der Waals surface area (Å²) >= 11 is 0. The van der Waals surface area contributed by atoms with Crippen LogP contribution in [0.5, 0.6) is 0 Å². The van der Waals surface area contributed by atoms with Gasteiger partial charge in [-0.2, -0.15) is 0 Å². The van der Waals surface area contributed by atoms with Gasteiger partial charge in [-0.1, -0.05) is 18.2 Å². The molecule has 2 fully saturated rings. The Labute approximate surface area is 128 Å². The molecule has 3 nitrogen and oxygen atoms in total. The molecule has 1 N–H and O–H groups in total. The molecule has 0 bridgehead atoms. The first-order valence-electron chi connectivity index (χ1n) is 8.44. The van der Waals surface area contributed by atoms with Crippen LogP contribution in [0, 0.1) is 5.92 Å². The van der Waals surface area contributed by atoms with Crippen molar-refractivity contribution < 1.29 is 5.11 Å². The van der Waals surface area contributed by atoms with E-state index in [4.69, 9.17) is 0 Å². The summed E-state index contributed by atoms with van der Waals surface area (Å²) in [6.45, 7) is 6.91. The maximum atomic E-state index is 9.73. The summed E-state index contributed by atoms with van der Waals surface area (Å²) in [5, 5.41) is 9.73. The second-order valence-electron chi connectivity index (χ2n) is 6.79. The Bertz CT molecular complexity index is 428. The van der Waals surface area contributed by atoms with Crippen molar-refractivity contribution >= 4 is 5.69 Å². The van der Waals surface area contributed by atoms with Gasteiger partial charge in [0.15, 0.2) is 0 Å².